The van der Waals surface area contributed by atoms with Crippen LogP contribution < -0.4 is 15.8 Å². The molecule has 0 saturated carbocycles. The molecule has 3 nitrogen and oxygen atoms in total. The molecule has 108 valence electrons. The van der Waals surface area contributed by atoms with Crippen molar-refractivity contribution in [3.05, 3.63) is 39.5 Å². The molecule has 0 amide bonds. The number of anilines is 2. The van der Waals surface area contributed by atoms with Gasteiger partial charge >= 0.3 is 0 Å². The van der Waals surface area contributed by atoms with Crippen molar-refractivity contribution in [2.45, 2.75) is 32.9 Å². The Morgan fingerprint density at radius 1 is 1.20 bits per heavy atom. The van der Waals surface area contributed by atoms with Gasteiger partial charge in [0.15, 0.2) is 0 Å². The Kier molecular flexibility index (Phi) is 4.78. The lowest BCUT2D eigenvalue weighted by molar-refractivity contribution is 0.244. The van der Waals surface area contributed by atoms with Gasteiger partial charge in [0.25, 0.3) is 0 Å². The Labute approximate surface area is 128 Å². The zero-order valence-electron chi connectivity index (χ0n) is 11.8. The summed E-state index contributed by atoms with van der Waals surface area (Å²) in [6.45, 7) is 6.04. The zero-order chi connectivity index (χ0) is 14.7. The topological polar surface area (TPSA) is 47.3 Å². The third kappa shape index (κ3) is 3.58. The summed E-state index contributed by atoms with van der Waals surface area (Å²) in [6.07, 6.45) is 0.0982. The molecule has 0 bridgehead atoms. The molecular formula is C15H19ClN2OS. The van der Waals surface area contributed by atoms with Crippen LogP contribution in [0.1, 0.15) is 31.7 Å². The smallest absolute Gasteiger partial charge is 0.144 e. The van der Waals surface area contributed by atoms with Crippen LogP contribution in [0.4, 0.5) is 11.4 Å². The summed E-state index contributed by atoms with van der Waals surface area (Å²) in [7, 11) is 0. The van der Waals surface area contributed by atoms with Crippen LogP contribution >= 0.6 is 22.9 Å². The second-order valence-electron chi connectivity index (χ2n) is 4.89. The molecule has 1 aromatic heterocycles. The second-order valence-corrected chi connectivity index (χ2v) is 6.64. The predicted octanol–water partition coefficient (Wildman–Crippen LogP) is 4.94. The molecule has 0 aliphatic rings. The predicted molar refractivity (Wildman–Crippen MR) is 88.0 cm³/mol. The zero-order valence-corrected chi connectivity index (χ0v) is 13.4. The number of halogens is 1. The number of hydrogen-bond acceptors (Lipinski definition) is 4. The number of ether oxygens (including phenoxy) is 1. The van der Waals surface area contributed by atoms with Crippen molar-refractivity contribution >= 4 is 34.3 Å². The lowest BCUT2D eigenvalue weighted by Crippen LogP contribution is -2.10. The minimum atomic E-state index is 0.0982. The third-order valence-corrected chi connectivity index (χ3v) is 4.24. The highest BCUT2D eigenvalue weighted by Crippen LogP contribution is 2.34. The fourth-order valence-electron chi connectivity index (χ4n) is 1.89. The fraction of sp³-hybridized carbons (Fsp3) is 0.333. The number of hydrogen-bond donors (Lipinski definition) is 2. The van der Waals surface area contributed by atoms with E-state index in [0.717, 1.165) is 10.0 Å². The van der Waals surface area contributed by atoms with Crippen molar-refractivity contribution in [2.75, 3.05) is 11.1 Å². The van der Waals surface area contributed by atoms with Gasteiger partial charge in [-0.25, -0.2) is 0 Å². The van der Waals surface area contributed by atoms with Crippen LogP contribution in [0.25, 0.3) is 0 Å². The number of nitrogens with one attached hydrogen (secondary N) is 1. The van der Waals surface area contributed by atoms with Crippen LogP contribution in [0, 0.1) is 0 Å². The molecule has 1 heterocycles. The van der Waals surface area contributed by atoms with Gasteiger partial charge in [-0.1, -0.05) is 17.7 Å². The number of benzene rings is 1. The van der Waals surface area contributed by atoms with Gasteiger partial charge in [0.2, 0.25) is 0 Å². The lowest BCUT2D eigenvalue weighted by atomic mass is 10.2. The SMILES string of the molecule is CC(C)Oc1cccc(NC(C)c2ccc(Cl)s2)c1N. The number of para-hydroxylation sites is 1. The standard InChI is InChI=1S/C15H19ClN2OS/c1-9(2)19-12-6-4-5-11(15(12)17)18-10(3)13-7-8-14(16)20-13/h4-10,18H,17H2,1-3H3. The summed E-state index contributed by atoms with van der Waals surface area (Å²) in [5.74, 6) is 0.710. The number of thiophene rings is 1. The molecule has 5 heteroatoms. The minimum Gasteiger partial charge on any atom is -0.489 e. The first-order valence-corrected chi connectivity index (χ1v) is 7.73. The van der Waals surface area contributed by atoms with Gasteiger partial charge in [0.05, 0.1) is 27.9 Å². The van der Waals surface area contributed by atoms with Crippen molar-refractivity contribution in [3.8, 4) is 5.75 Å². The van der Waals surface area contributed by atoms with E-state index in [4.69, 9.17) is 22.1 Å². The summed E-state index contributed by atoms with van der Waals surface area (Å²) in [5.41, 5.74) is 7.66. The highest BCUT2D eigenvalue weighted by molar-refractivity contribution is 7.16. The molecule has 0 spiro atoms. The van der Waals surface area contributed by atoms with Crippen LogP contribution in [0.3, 0.4) is 0 Å². The first-order valence-electron chi connectivity index (χ1n) is 6.54. The number of rotatable bonds is 5. The Morgan fingerprint density at radius 2 is 1.95 bits per heavy atom. The summed E-state index contributed by atoms with van der Waals surface area (Å²) in [4.78, 5) is 1.17. The highest BCUT2D eigenvalue weighted by Gasteiger charge is 2.12. The van der Waals surface area contributed by atoms with Crippen molar-refractivity contribution in [3.63, 3.8) is 0 Å². The summed E-state index contributed by atoms with van der Waals surface area (Å²) in [5, 5.41) is 3.40. The van der Waals surface area contributed by atoms with Crippen molar-refractivity contribution in [2.24, 2.45) is 0 Å². The van der Waals surface area contributed by atoms with Gasteiger partial charge in [-0.15, -0.1) is 11.3 Å². The largest absolute Gasteiger partial charge is 0.489 e. The van der Waals surface area contributed by atoms with Gasteiger partial charge < -0.3 is 15.8 Å². The van der Waals surface area contributed by atoms with Gasteiger partial charge in [0.1, 0.15) is 5.75 Å². The van der Waals surface area contributed by atoms with E-state index < -0.39 is 0 Å². The molecule has 0 radical (unpaired) electrons. The maximum Gasteiger partial charge on any atom is 0.144 e. The molecule has 2 rings (SSSR count). The quantitative estimate of drug-likeness (QED) is 0.769. The molecule has 1 unspecified atom stereocenters. The third-order valence-electron chi connectivity index (χ3n) is 2.82. The molecular weight excluding hydrogens is 292 g/mol. The van der Waals surface area contributed by atoms with Crippen molar-refractivity contribution in [1.29, 1.82) is 0 Å². The first-order chi connectivity index (χ1) is 9.47. The fourth-order valence-corrected chi connectivity index (χ4v) is 2.96. The number of nitrogen functional groups attached to an aromatic ring is 1. The van der Waals surface area contributed by atoms with Gasteiger partial charge in [-0.2, -0.15) is 0 Å². The van der Waals surface area contributed by atoms with Crippen LogP contribution in [0.2, 0.25) is 4.34 Å². The minimum absolute atomic E-state index is 0.0982. The van der Waals surface area contributed by atoms with E-state index in [2.05, 4.69) is 12.2 Å². The molecule has 0 fully saturated rings. The Bertz CT molecular complexity index is 583. The van der Waals surface area contributed by atoms with Gasteiger partial charge in [0, 0.05) is 4.88 Å². The normalized spacial score (nSPS) is 12.4. The second kappa shape index (κ2) is 6.37. The van der Waals surface area contributed by atoms with E-state index >= 15 is 0 Å². The van der Waals surface area contributed by atoms with E-state index in [1.807, 2.05) is 44.2 Å². The maximum atomic E-state index is 6.15. The average Bonchev–Trinajstić information content (AvgIpc) is 2.80. The molecule has 20 heavy (non-hydrogen) atoms. The Morgan fingerprint density at radius 3 is 2.55 bits per heavy atom. The molecule has 0 aliphatic heterocycles. The van der Waals surface area contributed by atoms with Crippen molar-refractivity contribution < 1.29 is 4.74 Å². The molecule has 2 aromatic rings. The summed E-state index contributed by atoms with van der Waals surface area (Å²) >= 11 is 7.53. The van der Waals surface area contributed by atoms with Gasteiger partial charge in [-0.3, -0.25) is 0 Å². The molecule has 1 aromatic carbocycles. The summed E-state index contributed by atoms with van der Waals surface area (Å²) < 4.78 is 6.48. The van der Waals surface area contributed by atoms with Crippen LogP contribution in [0.5, 0.6) is 5.75 Å². The summed E-state index contributed by atoms with van der Waals surface area (Å²) in [6, 6.07) is 9.84. The molecule has 1 atom stereocenters. The molecule has 0 saturated heterocycles. The Hall–Kier alpha value is -1.39. The lowest BCUT2D eigenvalue weighted by Gasteiger charge is -2.18. The van der Waals surface area contributed by atoms with Crippen LogP contribution in [-0.4, -0.2) is 6.10 Å². The Balaban J connectivity index is 2.17. The van der Waals surface area contributed by atoms with Gasteiger partial charge in [-0.05, 0) is 45.0 Å². The van der Waals surface area contributed by atoms with E-state index in [0.29, 0.717) is 11.4 Å². The molecule has 0 aliphatic carbocycles. The van der Waals surface area contributed by atoms with E-state index in [1.54, 1.807) is 11.3 Å². The van der Waals surface area contributed by atoms with E-state index in [9.17, 15) is 0 Å². The number of nitrogens with two attached hydrogens (primary N) is 1. The first kappa shape index (κ1) is 15.0. The van der Waals surface area contributed by atoms with E-state index in [1.165, 1.54) is 4.88 Å². The maximum absolute atomic E-state index is 6.15. The monoisotopic (exact) mass is 310 g/mol. The van der Waals surface area contributed by atoms with E-state index in [-0.39, 0.29) is 12.1 Å². The average molecular weight is 311 g/mol. The van der Waals surface area contributed by atoms with Crippen molar-refractivity contribution in [1.82, 2.24) is 0 Å². The van der Waals surface area contributed by atoms with Crippen LogP contribution in [0.15, 0.2) is 30.3 Å². The molecule has 3 N–H and O–H groups in total. The van der Waals surface area contributed by atoms with Crippen LogP contribution in [-0.2, 0) is 0 Å². The highest BCUT2D eigenvalue weighted by atomic mass is 35.5.